The van der Waals surface area contributed by atoms with Gasteiger partial charge in [-0.3, -0.25) is 9.59 Å². The fourth-order valence-electron chi connectivity index (χ4n) is 15.1. The van der Waals surface area contributed by atoms with E-state index < -0.39 is 5.97 Å². The average Bonchev–Trinajstić information content (AvgIpc) is 3.66. The summed E-state index contributed by atoms with van der Waals surface area (Å²) in [5.41, 5.74) is 5.91. The van der Waals surface area contributed by atoms with Crippen LogP contribution in [0.15, 0.2) is 84.9 Å². The summed E-state index contributed by atoms with van der Waals surface area (Å²) in [6.07, 6.45) is 11.2. The SMILES string of the molecule is C=C(C)[C@@H]1CC[C@]2(C(=O)NCCc3cccc(C(=O)NCc4cccc(COCc5cccc(C(=O)O)c5)c4)c3)CC[C@]3(C)C(CCC4[C@@]5(C)CC[C@H](O)C(C)(C)C5CC[C@]43C)C12. The number of fused-ring (bicyclic) bond motifs is 7. The second kappa shape index (κ2) is 17.3. The van der Waals surface area contributed by atoms with Gasteiger partial charge in [0.1, 0.15) is 0 Å². The zero-order chi connectivity index (χ0) is 45.0. The van der Waals surface area contributed by atoms with Crippen LogP contribution in [0.25, 0.3) is 0 Å². The molecular formula is C55H72N2O6. The Hall–Kier alpha value is -4.27. The molecule has 2 amide bonds. The van der Waals surface area contributed by atoms with Crippen LogP contribution in [0, 0.1) is 56.7 Å². The van der Waals surface area contributed by atoms with Crippen molar-refractivity contribution in [3.05, 3.63) is 118 Å². The Balaban J connectivity index is 0.882. The number of amides is 2. The van der Waals surface area contributed by atoms with E-state index in [2.05, 4.69) is 58.8 Å². The predicted octanol–water partition coefficient (Wildman–Crippen LogP) is 10.7. The molecule has 0 saturated heterocycles. The minimum absolute atomic E-state index is 0.0645. The largest absolute Gasteiger partial charge is 0.478 e. The lowest BCUT2D eigenvalue weighted by Gasteiger charge is -2.72. The fourth-order valence-corrected chi connectivity index (χ4v) is 15.1. The maximum Gasteiger partial charge on any atom is 0.335 e. The van der Waals surface area contributed by atoms with E-state index in [1.807, 2.05) is 54.6 Å². The van der Waals surface area contributed by atoms with Crippen molar-refractivity contribution in [3.8, 4) is 0 Å². The van der Waals surface area contributed by atoms with Gasteiger partial charge in [0, 0.05) is 18.7 Å². The number of carbonyl (C=O) groups is 3. The first-order chi connectivity index (χ1) is 29.9. The number of aromatic carboxylic acids is 1. The number of aliphatic hydroxyl groups excluding tert-OH is 1. The van der Waals surface area contributed by atoms with Crippen LogP contribution in [0.3, 0.4) is 0 Å². The van der Waals surface area contributed by atoms with Crippen molar-refractivity contribution < 1.29 is 29.3 Å². The van der Waals surface area contributed by atoms with Gasteiger partial charge in [-0.2, -0.15) is 0 Å². The molecule has 3 aromatic carbocycles. The van der Waals surface area contributed by atoms with Gasteiger partial charge >= 0.3 is 5.97 Å². The number of hydrogen-bond acceptors (Lipinski definition) is 5. The van der Waals surface area contributed by atoms with Gasteiger partial charge in [-0.1, -0.05) is 95.3 Å². The lowest BCUT2D eigenvalue weighted by Crippen LogP contribution is -2.67. The number of allylic oxidation sites excluding steroid dienone is 1. The third kappa shape index (κ3) is 8.00. The highest BCUT2D eigenvalue weighted by molar-refractivity contribution is 5.94. The Labute approximate surface area is 376 Å². The van der Waals surface area contributed by atoms with E-state index in [1.54, 1.807) is 18.2 Å². The normalized spacial score (nSPS) is 34.1. The first kappa shape index (κ1) is 45.3. The number of carboxylic acid groups (broad SMARTS) is 1. The van der Waals surface area contributed by atoms with Crippen LogP contribution >= 0.6 is 0 Å². The highest BCUT2D eigenvalue weighted by atomic mass is 16.5. The van der Waals surface area contributed by atoms with Crippen LogP contribution < -0.4 is 10.6 Å². The molecule has 4 N–H and O–H groups in total. The van der Waals surface area contributed by atoms with Gasteiger partial charge in [-0.25, -0.2) is 4.79 Å². The van der Waals surface area contributed by atoms with Crippen molar-refractivity contribution >= 4 is 17.8 Å². The summed E-state index contributed by atoms with van der Waals surface area (Å²) in [4.78, 5) is 39.4. The average molecular weight is 857 g/mol. The van der Waals surface area contributed by atoms with Gasteiger partial charge in [-0.05, 0) is 175 Å². The van der Waals surface area contributed by atoms with Crippen molar-refractivity contribution in [1.82, 2.24) is 10.6 Å². The Kier molecular flexibility index (Phi) is 12.4. The molecule has 8 rings (SSSR count). The Morgan fingerprint density at radius 3 is 2.11 bits per heavy atom. The minimum atomic E-state index is -0.964. The van der Waals surface area contributed by atoms with Crippen LogP contribution in [-0.4, -0.2) is 40.6 Å². The molecule has 8 nitrogen and oxygen atoms in total. The first-order valence-electron chi connectivity index (χ1n) is 23.9. The monoisotopic (exact) mass is 857 g/mol. The predicted molar refractivity (Wildman–Crippen MR) is 248 cm³/mol. The van der Waals surface area contributed by atoms with Crippen molar-refractivity contribution in [2.75, 3.05) is 6.54 Å². The van der Waals surface area contributed by atoms with E-state index in [9.17, 15) is 24.6 Å². The van der Waals surface area contributed by atoms with Crippen LogP contribution in [0.5, 0.6) is 0 Å². The summed E-state index contributed by atoms with van der Waals surface area (Å²) in [6.45, 7) is 20.8. The number of aliphatic hydroxyl groups is 1. The second-order valence-electron chi connectivity index (χ2n) is 21.9. The summed E-state index contributed by atoms with van der Waals surface area (Å²) < 4.78 is 5.87. The van der Waals surface area contributed by atoms with Gasteiger partial charge in [0.25, 0.3) is 5.91 Å². The van der Waals surface area contributed by atoms with Crippen LogP contribution in [0.2, 0.25) is 0 Å². The maximum absolute atomic E-state index is 14.8. The van der Waals surface area contributed by atoms with Gasteiger partial charge < -0.3 is 25.6 Å². The van der Waals surface area contributed by atoms with E-state index in [4.69, 9.17) is 4.74 Å². The van der Waals surface area contributed by atoms with E-state index in [1.165, 1.54) is 31.3 Å². The molecule has 0 aliphatic heterocycles. The molecule has 63 heavy (non-hydrogen) atoms. The molecule has 0 spiro atoms. The number of hydrogen-bond donors (Lipinski definition) is 4. The third-order valence-electron chi connectivity index (χ3n) is 18.5. The lowest BCUT2D eigenvalue weighted by atomic mass is 9.32. The molecule has 5 fully saturated rings. The number of ether oxygens (including phenoxy) is 1. The molecule has 10 atom stereocenters. The van der Waals surface area contributed by atoms with Crippen LogP contribution in [0.1, 0.15) is 149 Å². The standard InChI is InChI=1S/C55H72N2O6/c1-35(2)42-19-25-55(27-26-53(6)43(47(42)55)17-18-45-52(5)23-21-46(58)51(3,4)44(52)20-24-54(45,53)7)50(62)56-28-22-36-11-9-15-40(30-36)48(59)57-32-37-12-8-13-38(29-37)33-63-34-39-14-10-16-41(31-39)49(60)61/h8-16,29-31,42-47,58H,1,17-28,32-34H2,2-7H3,(H,56,62)(H,57,59)(H,60,61)/t42-,43?,44?,45?,46-,47?,52-,53+,54+,55-/m0/s1. The smallest absolute Gasteiger partial charge is 0.335 e. The van der Waals surface area contributed by atoms with Gasteiger partial charge in [0.2, 0.25) is 5.91 Å². The number of carbonyl (C=O) groups excluding carboxylic acids is 2. The maximum atomic E-state index is 14.8. The summed E-state index contributed by atoms with van der Waals surface area (Å²) in [6, 6.07) is 22.4. The van der Waals surface area contributed by atoms with E-state index >= 15 is 0 Å². The summed E-state index contributed by atoms with van der Waals surface area (Å²) in [5.74, 6) is 1.40. The zero-order valence-corrected chi connectivity index (χ0v) is 38.7. The van der Waals surface area contributed by atoms with Crippen molar-refractivity contribution in [2.45, 2.75) is 138 Å². The van der Waals surface area contributed by atoms with E-state index in [0.717, 1.165) is 60.8 Å². The Morgan fingerprint density at radius 2 is 1.38 bits per heavy atom. The molecule has 5 aliphatic carbocycles. The van der Waals surface area contributed by atoms with Crippen LogP contribution in [0.4, 0.5) is 0 Å². The summed E-state index contributed by atoms with van der Waals surface area (Å²) >= 11 is 0. The lowest BCUT2D eigenvalue weighted by molar-refractivity contribution is -0.246. The number of nitrogens with one attached hydrogen (secondary N) is 2. The number of carboxylic acids is 1. The van der Waals surface area contributed by atoms with E-state index in [-0.39, 0.29) is 50.6 Å². The quantitative estimate of drug-likeness (QED) is 0.127. The van der Waals surface area contributed by atoms with Gasteiger partial charge in [-0.15, -0.1) is 0 Å². The second-order valence-corrected chi connectivity index (χ2v) is 21.9. The summed E-state index contributed by atoms with van der Waals surface area (Å²) in [7, 11) is 0. The Morgan fingerprint density at radius 1 is 0.714 bits per heavy atom. The topological polar surface area (TPSA) is 125 Å². The molecule has 4 unspecified atom stereocenters. The van der Waals surface area contributed by atoms with E-state index in [0.29, 0.717) is 67.9 Å². The molecular weight excluding hydrogens is 785 g/mol. The third-order valence-corrected chi connectivity index (χ3v) is 18.5. The molecule has 0 heterocycles. The highest BCUT2D eigenvalue weighted by Crippen LogP contribution is 2.77. The first-order valence-corrected chi connectivity index (χ1v) is 23.9. The Bertz CT molecular complexity index is 2230. The molecule has 5 aliphatic rings. The molecule has 0 aromatic heterocycles. The number of rotatable bonds is 13. The van der Waals surface area contributed by atoms with Crippen LogP contribution in [-0.2, 0) is 35.7 Å². The molecule has 3 aromatic rings. The highest BCUT2D eigenvalue weighted by Gasteiger charge is 2.71. The fraction of sp³-hybridized carbons (Fsp3) is 0.582. The molecule has 0 bridgehead atoms. The van der Waals surface area contributed by atoms with Gasteiger partial charge in [0.15, 0.2) is 0 Å². The van der Waals surface area contributed by atoms with Crippen molar-refractivity contribution in [1.29, 1.82) is 0 Å². The zero-order valence-electron chi connectivity index (χ0n) is 38.7. The molecule has 0 radical (unpaired) electrons. The van der Waals surface area contributed by atoms with Gasteiger partial charge in [0.05, 0.1) is 30.3 Å². The summed E-state index contributed by atoms with van der Waals surface area (Å²) in [5, 5.41) is 26.9. The molecule has 5 saturated carbocycles. The minimum Gasteiger partial charge on any atom is -0.478 e. The molecule has 338 valence electrons. The van der Waals surface area contributed by atoms with Crippen molar-refractivity contribution in [2.24, 2.45) is 56.7 Å². The number of benzene rings is 3. The molecule has 8 heteroatoms. The van der Waals surface area contributed by atoms with Crippen molar-refractivity contribution in [3.63, 3.8) is 0 Å².